The molecular weight excluding hydrogens is 301 g/mol. The minimum atomic E-state index is -3.40. The van der Waals surface area contributed by atoms with E-state index in [4.69, 9.17) is 0 Å². The molecule has 4 nitrogen and oxygen atoms in total. The number of thiophene rings is 1. The number of halogens is 1. The van der Waals surface area contributed by atoms with Crippen molar-refractivity contribution in [2.24, 2.45) is 0 Å². The summed E-state index contributed by atoms with van der Waals surface area (Å²) in [4.78, 5) is 12.1. The third kappa shape index (κ3) is 3.05. The van der Waals surface area contributed by atoms with E-state index in [0.29, 0.717) is 5.56 Å². The summed E-state index contributed by atoms with van der Waals surface area (Å²) >= 11 is 1.12. The summed E-state index contributed by atoms with van der Waals surface area (Å²) in [6.45, 7) is 1.55. The van der Waals surface area contributed by atoms with E-state index in [1.165, 1.54) is 24.3 Å². The predicted octanol–water partition coefficient (Wildman–Crippen LogP) is 2.85. The lowest BCUT2D eigenvalue weighted by Crippen LogP contribution is -2.13. The molecule has 7 heteroatoms. The molecule has 0 atom stereocenters. The van der Waals surface area contributed by atoms with E-state index >= 15 is 0 Å². The lowest BCUT2D eigenvalue weighted by molar-refractivity contribution is 0.102. The van der Waals surface area contributed by atoms with Gasteiger partial charge in [-0.3, -0.25) is 4.79 Å². The van der Waals surface area contributed by atoms with Crippen molar-refractivity contribution in [1.29, 1.82) is 0 Å². The zero-order valence-corrected chi connectivity index (χ0v) is 12.4. The number of rotatable bonds is 3. The van der Waals surface area contributed by atoms with Crippen LogP contribution in [0.25, 0.3) is 0 Å². The van der Waals surface area contributed by atoms with Gasteiger partial charge in [0.25, 0.3) is 5.91 Å². The molecule has 1 N–H and O–H groups in total. The Bertz CT molecular complexity index is 766. The predicted molar refractivity (Wildman–Crippen MR) is 76.5 cm³/mol. The molecule has 0 radical (unpaired) electrons. The van der Waals surface area contributed by atoms with Crippen LogP contribution in [-0.2, 0) is 9.84 Å². The van der Waals surface area contributed by atoms with Crippen molar-refractivity contribution < 1.29 is 17.6 Å². The molecule has 1 heterocycles. The highest BCUT2D eigenvalue weighted by Crippen LogP contribution is 2.28. The lowest BCUT2D eigenvalue weighted by Gasteiger charge is -2.06. The average Bonchev–Trinajstić information content (AvgIpc) is 2.80. The van der Waals surface area contributed by atoms with Crippen molar-refractivity contribution in [2.45, 2.75) is 11.8 Å². The second kappa shape index (κ2) is 5.34. The summed E-state index contributed by atoms with van der Waals surface area (Å²) in [7, 11) is -3.40. The number of anilines is 1. The Kier molecular flexibility index (Phi) is 3.92. The highest BCUT2D eigenvalue weighted by molar-refractivity contribution is 7.91. The lowest BCUT2D eigenvalue weighted by atomic mass is 10.1. The van der Waals surface area contributed by atoms with Crippen molar-refractivity contribution in [3.8, 4) is 0 Å². The first kappa shape index (κ1) is 14.7. The standard InChI is InChI=1S/C13H12FNO3S2/c1-8-7-9(3-4-10(8)14)12(16)15-13-11(5-6-19-13)20(2,17)18/h3-7H,1-2H3,(H,15,16). The van der Waals surface area contributed by atoms with Gasteiger partial charge in [-0.25, -0.2) is 12.8 Å². The molecule has 106 valence electrons. The van der Waals surface area contributed by atoms with Crippen LogP contribution in [0, 0.1) is 12.7 Å². The number of aryl methyl sites for hydroxylation is 1. The summed E-state index contributed by atoms with van der Waals surface area (Å²) in [6.07, 6.45) is 1.08. The first-order chi connectivity index (χ1) is 9.29. The summed E-state index contributed by atoms with van der Waals surface area (Å²) in [6, 6.07) is 5.41. The van der Waals surface area contributed by atoms with Crippen LogP contribution < -0.4 is 5.32 Å². The number of carbonyl (C=O) groups excluding carboxylic acids is 1. The van der Waals surface area contributed by atoms with Crippen molar-refractivity contribution in [1.82, 2.24) is 0 Å². The Morgan fingerprint density at radius 1 is 1.30 bits per heavy atom. The molecule has 1 aromatic heterocycles. The van der Waals surface area contributed by atoms with Crippen LogP contribution in [-0.4, -0.2) is 20.6 Å². The third-order valence-corrected chi connectivity index (χ3v) is 4.77. The molecule has 0 bridgehead atoms. The molecule has 0 fully saturated rings. The number of nitrogens with one attached hydrogen (secondary N) is 1. The van der Waals surface area contributed by atoms with Crippen LogP contribution in [0.3, 0.4) is 0 Å². The topological polar surface area (TPSA) is 63.2 Å². The zero-order chi connectivity index (χ0) is 14.9. The fraction of sp³-hybridized carbons (Fsp3) is 0.154. The summed E-state index contributed by atoms with van der Waals surface area (Å²) in [5.74, 6) is -0.866. The van der Waals surface area contributed by atoms with Gasteiger partial charge < -0.3 is 5.32 Å². The van der Waals surface area contributed by atoms with Crippen molar-refractivity contribution in [3.63, 3.8) is 0 Å². The molecule has 1 aromatic carbocycles. The normalized spacial score (nSPS) is 11.3. The molecule has 0 aliphatic heterocycles. The Morgan fingerprint density at radius 3 is 2.60 bits per heavy atom. The fourth-order valence-corrected chi connectivity index (χ4v) is 3.71. The summed E-state index contributed by atoms with van der Waals surface area (Å²) < 4.78 is 36.2. The Hall–Kier alpha value is -1.73. The first-order valence-electron chi connectivity index (χ1n) is 5.64. The van der Waals surface area contributed by atoms with Crippen LogP contribution in [0.5, 0.6) is 0 Å². The van der Waals surface area contributed by atoms with Gasteiger partial charge in [0.15, 0.2) is 9.84 Å². The second-order valence-corrected chi connectivity index (χ2v) is 7.20. The van der Waals surface area contributed by atoms with Crippen LogP contribution in [0.4, 0.5) is 9.39 Å². The van der Waals surface area contributed by atoms with Crippen LogP contribution in [0.1, 0.15) is 15.9 Å². The number of benzene rings is 1. The highest BCUT2D eigenvalue weighted by Gasteiger charge is 2.17. The van der Waals surface area contributed by atoms with Gasteiger partial charge in [0.1, 0.15) is 15.7 Å². The molecule has 20 heavy (non-hydrogen) atoms. The van der Waals surface area contributed by atoms with E-state index in [-0.39, 0.29) is 15.5 Å². The molecule has 2 rings (SSSR count). The molecule has 0 saturated carbocycles. The Morgan fingerprint density at radius 2 is 2.00 bits per heavy atom. The zero-order valence-electron chi connectivity index (χ0n) is 10.8. The third-order valence-electron chi connectivity index (χ3n) is 2.68. The molecule has 0 aliphatic carbocycles. The van der Waals surface area contributed by atoms with E-state index in [1.54, 1.807) is 12.3 Å². The van der Waals surface area contributed by atoms with Crippen molar-refractivity contribution in [3.05, 3.63) is 46.6 Å². The van der Waals surface area contributed by atoms with Gasteiger partial charge >= 0.3 is 0 Å². The second-order valence-electron chi connectivity index (χ2n) is 4.30. The van der Waals surface area contributed by atoms with Crippen molar-refractivity contribution >= 4 is 32.1 Å². The van der Waals surface area contributed by atoms with Gasteiger partial charge in [-0.2, -0.15) is 0 Å². The van der Waals surface area contributed by atoms with E-state index < -0.39 is 21.6 Å². The van der Waals surface area contributed by atoms with Gasteiger partial charge in [0.2, 0.25) is 0 Å². The molecule has 1 amide bonds. The summed E-state index contributed by atoms with van der Waals surface area (Å²) in [5.41, 5.74) is 0.629. The van der Waals surface area contributed by atoms with Gasteiger partial charge in [0.05, 0.1) is 0 Å². The SMILES string of the molecule is Cc1cc(C(=O)Nc2sccc2S(C)(=O)=O)ccc1F. The number of carbonyl (C=O) groups is 1. The smallest absolute Gasteiger partial charge is 0.256 e. The molecule has 0 unspecified atom stereocenters. The van der Waals surface area contributed by atoms with Crippen molar-refractivity contribution in [2.75, 3.05) is 11.6 Å². The highest BCUT2D eigenvalue weighted by atomic mass is 32.2. The molecule has 0 spiro atoms. The maximum Gasteiger partial charge on any atom is 0.256 e. The largest absolute Gasteiger partial charge is 0.312 e. The fourth-order valence-electron chi connectivity index (χ4n) is 1.64. The van der Waals surface area contributed by atoms with E-state index in [9.17, 15) is 17.6 Å². The molecule has 2 aromatic rings. The summed E-state index contributed by atoms with van der Waals surface area (Å²) in [5, 5.41) is 4.39. The minimum Gasteiger partial charge on any atom is -0.312 e. The average molecular weight is 313 g/mol. The van der Waals surface area contributed by atoms with E-state index in [2.05, 4.69) is 5.32 Å². The first-order valence-corrected chi connectivity index (χ1v) is 8.41. The molecular formula is C13H12FNO3S2. The van der Waals surface area contributed by atoms with Gasteiger partial charge in [-0.15, -0.1) is 11.3 Å². The van der Waals surface area contributed by atoms with Gasteiger partial charge in [0, 0.05) is 11.8 Å². The quantitative estimate of drug-likeness (QED) is 0.947. The van der Waals surface area contributed by atoms with E-state index in [0.717, 1.165) is 17.6 Å². The van der Waals surface area contributed by atoms with E-state index in [1.807, 2.05) is 0 Å². The molecule has 0 saturated heterocycles. The van der Waals surface area contributed by atoms with Gasteiger partial charge in [-0.1, -0.05) is 0 Å². The minimum absolute atomic E-state index is 0.0784. The van der Waals surface area contributed by atoms with Crippen LogP contribution in [0.2, 0.25) is 0 Å². The number of hydrogen-bond acceptors (Lipinski definition) is 4. The number of amides is 1. The monoisotopic (exact) mass is 313 g/mol. The Labute approximate surface area is 120 Å². The number of sulfone groups is 1. The number of hydrogen-bond donors (Lipinski definition) is 1. The molecule has 0 aliphatic rings. The van der Waals surface area contributed by atoms with Gasteiger partial charge in [-0.05, 0) is 42.1 Å². The maximum atomic E-state index is 13.2. The van der Waals surface area contributed by atoms with Crippen LogP contribution >= 0.6 is 11.3 Å². The van der Waals surface area contributed by atoms with Crippen LogP contribution in [0.15, 0.2) is 34.5 Å². The Balaban J connectivity index is 2.29. The maximum absolute atomic E-state index is 13.2.